The van der Waals surface area contributed by atoms with E-state index in [9.17, 15) is 9.18 Å². The Labute approximate surface area is 127 Å². The molecule has 2 aromatic rings. The fraction of sp³-hybridized carbons (Fsp3) is 0.235. The molecule has 108 valence electrons. The summed E-state index contributed by atoms with van der Waals surface area (Å²) in [6.07, 6.45) is 1.96. The third-order valence-electron chi connectivity index (χ3n) is 4.00. The molecule has 0 atom stereocenters. The van der Waals surface area contributed by atoms with Crippen molar-refractivity contribution in [3.63, 3.8) is 0 Å². The number of hydrogen-bond acceptors (Lipinski definition) is 1. The van der Waals surface area contributed by atoms with E-state index in [0.717, 1.165) is 23.4 Å². The Bertz CT molecular complexity index is 682. The lowest BCUT2D eigenvalue weighted by Gasteiger charge is -2.18. The zero-order valence-corrected chi connectivity index (χ0v) is 12.2. The first kappa shape index (κ1) is 14.1. The van der Waals surface area contributed by atoms with Gasteiger partial charge in [0.2, 0.25) is 0 Å². The molecule has 0 heterocycles. The molecule has 0 spiro atoms. The van der Waals surface area contributed by atoms with Gasteiger partial charge in [-0.05, 0) is 36.6 Å². The summed E-state index contributed by atoms with van der Waals surface area (Å²) >= 11 is 6.23. The van der Waals surface area contributed by atoms with E-state index in [-0.39, 0.29) is 16.9 Å². The van der Waals surface area contributed by atoms with Gasteiger partial charge < -0.3 is 5.32 Å². The van der Waals surface area contributed by atoms with E-state index in [4.69, 9.17) is 11.6 Å². The summed E-state index contributed by atoms with van der Waals surface area (Å²) in [5, 5.41) is 3.55. The molecule has 2 nitrogen and oxygen atoms in total. The minimum atomic E-state index is -0.502. The van der Waals surface area contributed by atoms with Crippen LogP contribution in [0.25, 0.3) is 0 Å². The summed E-state index contributed by atoms with van der Waals surface area (Å²) in [7, 11) is 0. The summed E-state index contributed by atoms with van der Waals surface area (Å²) in [6, 6.07) is 13.7. The Kier molecular flexibility index (Phi) is 3.68. The average molecular weight is 304 g/mol. The number of nitrogens with one attached hydrogen (secondary N) is 1. The summed E-state index contributed by atoms with van der Waals surface area (Å²) in [6.45, 7) is 0.476. The molecule has 0 aliphatic heterocycles. The molecule has 0 saturated heterocycles. The molecule has 21 heavy (non-hydrogen) atoms. The zero-order valence-electron chi connectivity index (χ0n) is 11.4. The van der Waals surface area contributed by atoms with E-state index in [2.05, 4.69) is 5.32 Å². The normalized spacial score (nSPS) is 15.5. The van der Waals surface area contributed by atoms with E-state index in [1.54, 1.807) is 12.1 Å². The Balaban J connectivity index is 1.72. The van der Waals surface area contributed by atoms with Crippen LogP contribution in [-0.2, 0) is 5.41 Å². The molecule has 4 heteroatoms. The lowest BCUT2D eigenvalue weighted by atomic mass is 9.95. The van der Waals surface area contributed by atoms with Crippen molar-refractivity contribution in [3.8, 4) is 0 Å². The van der Waals surface area contributed by atoms with E-state index < -0.39 is 5.82 Å². The molecule has 3 rings (SSSR count). The molecule has 0 unspecified atom stereocenters. The van der Waals surface area contributed by atoms with Gasteiger partial charge in [0.15, 0.2) is 0 Å². The van der Waals surface area contributed by atoms with Crippen LogP contribution >= 0.6 is 11.6 Å². The van der Waals surface area contributed by atoms with Crippen molar-refractivity contribution < 1.29 is 9.18 Å². The predicted molar refractivity (Wildman–Crippen MR) is 81.1 cm³/mol. The molecule has 1 N–H and O–H groups in total. The maximum absolute atomic E-state index is 13.6. The Morgan fingerprint density at radius 3 is 2.48 bits per heavy atom. The monoisotopic (exact) mass is 303 g/mol. The second-order valence-electron chi connectivity index (χ2n) is 5.42. The molecule has 1 aliphatic carbocycles. The lowest BCUT2D eigenvalue weighted by molar-refractivity contribution is 0.0945. The largest absolute Gasteiger partial charge is 0.351 e. The first-order chi connectivity index (χ1) is 10.1. The molecule has 1 fully saturated rings. The van der Waals surface area contributed by atoms with Crippen molar-refractivity contribution in [2.75, 3.05) is 6.54 Å². The maximum atomic E-state index is 13.6. The van der Waals surface area contributed by atoms with Crippen LogP contribution in [0.5, 0.6) is 0 Å². The van der Waals surface area contributed by atoms with Crippen molar-refractivity contribution in [1.82, 2.24) is 5.32 Å². The van der Waals surface area contributed by atoms with Crippen LogP contribution in [0, 0.1) is 5.82 Å². The average Bonchev–Trinajstić information content (AvgIpc) is 3.27. The Morgan fingerprint density at radius 1 is 1.14 bits per heavy atom. The van der Waals surface area contributed by atoms with Gasteiger partial charge in [-0.3, -0.25) is 4.79 Å². The van der Waals surface area contributed by atoms with E-state index in [1.807, 2.05) is 24.3 Å². The van der Waals surface area contributed by atoms with Gasteiger partial charge in [0.05, 0.1) is 5.56 Å². The SMILES string of the molecule is O=C(NCC1(c2ccccc2Cl)CC1)c1ccccc1F. The Hall–Kier alpha value is -1.87. The predicted octanol–water partition coefficient (Wildman–Crippen LogP) is 3.94. The van der Waals surface area contributed by atoms with Gasteiger partial charge in [-0.25, -0.2) is 4.39 Å². The molecule has 0 aromatic heterocycles. The second-order valence-corrected chi connectivity index (χ2v) is 5.83. The topological polar surface area (TPSA) is 29.1 Å². The summed E-state index contributed by atoms with van der Waals surface area (Å²) < 4.78 is 13.6. The first-order valence-electron chi connectivity index (χ1n) is 6.90. The number of rotatable bonds is 4. The van der Waals surface area contributed by atoms with Crippen molar-refractivity contribution in [2.45, 2.75) is 18.3 Å². The third kappa shape index (κ3) is 2.79. The molecule has 1 aliphatic rings. The minimum Gasteiger partial charge on any atom is -0.351 e. The van der Waals surface area contributed by atoms with Gasteiger partial charge in [0.25, 0.3) is 5.91 Å². The summed E-state index contributed by atoms with van der Waals surface area (Å²) in [4.78, 5) is 12.1. The number of hydrogen-bond donors (Lipinski definition) is 1. The van der Waals surface area contributed by atoms with Gasteiger partial charge in [-0.15, -0.1) is 0 Å². The van der Waals surface area contributed by atoms with E-state index >= 15 is 0 Å². The number of carbonyl (C=O) groups is 1. The van der Waals surface area contributed by atoms with Gasteiger partial charge in [0.1, 0.15) is 5.82 Å². The van der Waals surface area contributed by atoms with Crippen LogP contribution in [0.15, 0.2) is 48.5 Å². The van der Waals surface area contributed by atoms with Crippen molar-refractivity contribution >= 4 is 17.5 Å². The van der Waals surface area contributed by atoms with Crippen LogP contribution in [0.1, 0.15) is 28.8 Å². The highest BCUT2D eigenvalue weighted by molar-refractivity contribution is 6.31. The first-order valence-corrected chi connectivity index (χ1v) is 7.28. The fourth-order valence-corrected chi connectivity index (χ4v) is 2.91. The quantitative estimate of drug-likeness (QED) is 0.910. The van der Waals surface area contributed by atoms with Crippen LogP contribution < -0.4 is 5.32 Å². The third-order valence-corrected chi connectivity index (χ3v) is 4.33. The molecular formula is C17H15ClFNO. The van der Waals surface area contributed by atoms with Crippen LogP contribution in [0.2, 0.25) is 5.02 Å². The van der Waals surface area contributed by atoms with Crippen molar-refractivity contribution in [1.29, 1.82) is 0 Å². The molecule has 2 aromatic carbocycles. The number of benzene rings is 2. The molecule has 1 amide bonds. The lowest BCUT2D eigenvalue weighted by Crippen LogP contribution is -2.32. The van der Waals surface area contributed by atoms with Gasteiger partial charge in [-0.2, -0.15) is 0 Å². The standard InChI is InChI=1S/C17H15ClFNO/c18-14-7-3-2-6-13(14)17(9-10-17)11-20-16(21)12-5-1-4-8-15(12)19/h1-8H,9-11H2,(H,20,21). The molecule has 0 radical (unpaired) electrons. The Morgan fingerprint density at radius 2 is 1.81 bits per heavy atom. The molecule has 1 saturated carbocycles. The van der Waals surface area contributed by atoms with E-state index in [0.29, 0.717) is 6.54 Å². The highest BCUT2D eigenvalue weighted by atomic mass is 35.5. The summed E-state index contributed by atoms with van der Waals surface area (Å²) in [5.74, 6) is -0.885. The zero-order chi connectivity index (χ0) is 14.9. The van der Waals surface area contributed by atoms with Crippen molar-refractivity contribution in [2.24, 2.45) is 0 Å². The maximum Gasteiger partial charge on any atom is 0.254 e. The smallest absolute Gasteiger partial charge is 0.254 e. The van der Waals surface area contributed by atoms with E-state index in [1.165, 1.54) is 12.1 Å². The number of carbonyl (C=O) groups excluding carboxylic acids is 1. The second kappa shape index (κ2) is 5.49. The van der Waals surface area contributed by atoms with Gasteiger partial charge in [-0.1, -0.05) is 41.9 Å². The van der Waals surface area contributed by atoms with Crippen LogP contribution in [0.3, 0.4) is 0 Å². The minimum absolute atomic E-state index is 0.0764. The highest BCUT2D eigenvalue weighted by Gasteiger charge is 2.45. The van der Waals surface area contributed by atoms with Gasteiger partial charge in [0, 0.05) is 17.0 Å². The van der Waals surface area contributed by atoms with Gasteiger partial charge >= 0.3 is 0 Å². The van der Waals surface area contributed by atoms with Crippen molar-refractivity contribution in [3.05, 3.63) is 70.5 Å². The highest BCUT2D eigenvalue weighted by Crippen LogP contribution is 2.49. The summed E-state index contributed by atoms with van der Waals surface area (Å²) in [5.41, 5.74) is 1.03. The molecule has 0 bridgehead atoms. The van der Waals surface area contributed by atoms with Crippen LogP contribution in [0.4, 0.5) is 4.39 Å². The fourth-order valence-electron chi connectivity index (χ4n) is 2.57. The number of amides is 1. The molecular weight excluding hydrogens is 289 g/mol. The number of halogens is 2. The van der Waals surface area contributed by atoms with Crippen LogP contribution in [-0.4, -0.2) is 12.5 Å².